The first-order chi connectivity index (χ1) is 13.4. The van der Waals surface area contributed by atoms with Gasteiger partial charge in [-0.3, -0.25) is 0 Å². The van der Waals surface area contributed by atoms with E-state index in [2.05, 4.69) is 4.72 Å². The number of sulfonamides is 1. The first kappa shape index (κ1) is 19.6. The van der Waals surface area contributed by atoms with Crippen LogP contribution in [-0.4, -0.2) is 26.1 Å². The minimum atomic E-state index is -3.62. The van der Waals surface area contributed by atoms with Gasteiger partial charge in [-0.1, -0.05) is 60.7 Å². The van der Waals surface area contributed by atoms with Gasteiger partial charge in [-0.2, -0.15) is 0 Å². The number of fused-ring (bicyclic) bond motifs is 1. The Morgan fingerprint density at radius 3 is 2.43 bits per heavy atom. The summed E-state index contributed by atoms with van der Waals surface area (Å²) in [5.74, 6) is -0.625. The summed E-state index contributed by atoms with van der Waals surface area (Å²) in [7, 11) is -3.62. The molecule has 0 aliphatic carbocycles. The number of aliphatic carboxylic acids is 1. The molecule has 2 N–H and O–H groups in total. The zero-order valence-electron chi connectivity index (χ0n) is 14.9. The number of benzene rings is 3. The van der Waals surface area contributed by atoms with E-state index in [0.717, 1.165) is 27.3 Å². The van der Waals surface area contributed by atoms with Crippen LogP contribution in [0.25, 0.3) is 16.8 Å². The van der Waals surface area contributed by atoms with E-state index in [-0.39, 0.29) is 6.54 Å². The lowest BCUT2D eigenvalue weighted by Crippen LogP contribution is -2.20. The van der Waals surface area contributed by atoms with Gasteiger partial charge in [0.25, 0.3) is 0 Å². The maximum absolute atomic E-state index is 12.3. The van der Waals surface area contributed by atoms with E-state index in [4.69, 9.17) is 9.84 Å². The summed E-state index contributed by atoms with van der Waals surface area (Å²) in [6.45, 7) is -0.346. The monoisotopic (exact) mass is 397 g/mol. The Balaban J connectivity index is 1.78. The molecule has 0 amide bonds. The topological polar surface area (TPSA) is 92.7 Å². The highest BCUT2D eigenvalue weighted by Crippen LogP contribution is 2.28. The Morgan fingerprint density at radius 2 is 1.68 bits per heavy atom. The molecule has 0 heterocycles. The molecule has 7 heteroatoms. The van der Waals surface area contributed by atoms with Crippen molar-refractivity contribution in [3.8, 4) is 5.75 Å². The van der Waals surface area contributed by atoms with Crippen LogP contribution >= 0.6 is 0 Å². The van der Waals surface area contributed by atoms with Crippen LogP contribution in [0.5, 0.6) is 5.75 Å². The van der Waals surface area contributed by atoms with Crippen LogP contribution in [0.1, 0.15) is 11.1 Å². The molecule has 0 aliphatic rings. The third kappa shape index (κ3) is 5.18. The molecule has 3 rings (SSSR count). The summed E-state index contributed by atoms with van der Waals surface area (Å²) in [6, 6.07) is 19.8. The van der Waals surface area contributed by atoms with E-state index in [1.165, 1.54) is 6.08 Å². The molecule has 0 bridgehead atoms. The van der Waals surface area contributed by atoms with Gasteiger partial charge in [-0.25, -0.2) is 17.9 Å². The number of rotatable bonds is 8. The van der Waals surface area contributed by atoms with E-state index in [1.807, 2.05) is 42.5 Å². The van der Waals surface area contributed by atoms with E-state index in [0.29, 0.717) is 5.75 Å². The Hall–Kier alpha value is -3.16. The smallest absolute Gasteiger partial charge is 0.341 e. The molecule has 28 heavy (non-hydrogen) atoms. The quantitative estimate of drug-likeness (QED) is 0.608. The standard InChI is InChI=1S/C21H19NO5S/c23-21(24)15-27-20-11-5-9-18-17(8-4-10-19(18)20)14-22-28(25,26)13-12-16-6-2-1-3-7-16/h1-13,22H,14-15H2,(H,23,24). The van der Waals surface area contributed by atoms with Crippen LogP contribution in [0, 0.1) is 0 Å². The Bertz CT molecular complexity index is 1110. The minimum Gasteiger partial charge on any atom is -0.481 e. The van der Waals surface area contributed by atoms with Gasteiger partial charge in [0.1, 0.15) is 5.75 Å². The lowest BCUT2D eigenvalue weighted by atomic mass is 10.0. The molecule has 0 saturated carbocycles. The third-order valence-electron chi connectivity index (χ3n) is 4.03. The van der Waals surface area contributed by atoms with Crippen molar-refractivity contribution in [3.63, 3.8) is 0 Å². The highest BCUT2D eigenvalue weighted by Gasteiger charge is 2.10. The van der Waals surface area contributed by atoms with Crippen molar-refractivity contribution in [3.05, 3.63) is 83.3 Å². The largest absolute Gasteiger partial charge is 0.481 e. The molecule has 0 fully saturated rings. The average molecular weight is 397 g/mol. The lowest BCUT2D eigenvalue weighted by molar-refractivity contribution is -0.139. The zero-order valence-corrected chi connectivity index (χ0v) is 15.7. The van der Waals surface area contributed by atoms with Crippen LogP contribution in [-0.2, 0) is 21.4 Å². The molecule has 0 atom stereocenters. The summed E-state index contributed by atoms with van der Waals surface area (Å²) >= 11 is 0. The second-order valence-corrected chi connectivity index (χ2v) is 7.68. The van der Waals surface area contributed by atoms with Gasteiger partial charge < -0.3 is 9.84 Å². The van der Waals surface area contributed by atoms with E-state index < -0.39 is 22.6 Å². The Kier molecular flexibility index (Phi) is 6.08. The van der Waals surface area contributed by atoms with Gasteiger partial charge >= 0.3 is 5.97 Å². The van der Waals surface area contributed by atoms with Gasteiger partial charge in [0.05, 0.1) is 0 Å². The molecule has 0 saturated heterocycles. The molecule has 144 valence electrons. The Labute approximate surface area is 163 Å². The van der Waals surface area contributed by atoms with Crippen molar-refractivity contribution >= 4 is 32.8 Å². The number of carboxylic acids is 1. The van der Waals surface area contributed by atoms with Crippen molar-refractivity contribution < 1.29 is 23.1 Å². The summed E-state index contributed by atoms with van der Waals surface area (Å²) in [6.07, 6.45) is 1.53. The highest BCUT2D eigenvalue weighted by atomic mass is 32.2. The second-order valence-electron chi connectivity index (χ2n) is 6.03. The predicted molar refractivity (Wildman–Crippen MR) is 108 cm³/mol. The summed E-state index contributed by atoms with van der Waals surface area (Å²) < 4.78 is 32.4. The normalized spacial score (nSPS) is 11.7. The van der Waals surface area contributed by atoms with E-state index >= 15 is 0 Å². The molecular weight excluding hydrogens is 378 g/mol. The van der Waals surface area contributed by atoms with Crippen molar-refractivity contribution in [2.24, 2.45) is 0 Å². The number of carboxylic acid groups (broad SMARTS) is 1. The van der Waals surface area contributed by atoms with Crippen molar-refractivity contribution in [2.45, 2.75) is 6.54 Å². The fourth-order valence-electron chi connectivity index (χ4n) is 2.72. The summed E-state index contributed by atoms with van der Waals surface area (Å²) in [5, 5.41) is 11.4. The highest BCUT2D eigenvalue weighted by molar-refractivity contribution is 7.92. The van der Waals surface area contributed by atoms with Crippen LogP contribution in [0.15, 0.2) is 72.1 Å². The Morgan fingerprint density at radius 1 is 0.964 bits per heavy atom. The molecule has 3 aromatic rings. The minimum absolute atomic E-state index is 0.0984. The van der Waals surface area contributed by atoms with Crippen LogP contribution in [0.3, 0.4) is 0 Å². The van der Waals surface area contributed by atoms with E-state index in [1.54, 1.807) is 24.3 Å². The summed E-state index contributed by atoms with van der Waals surface area (Å²) in [5.41, 5.74) is 1.55. The number of hydrogen-bond donors (Lipinski definition) is 2. The first-order valence-electron chi connectivity index (χ1n) is 8.53. The van der Waals surface area contributed by atoms with Crippen molar-refractivity contribution in [1.82, 2.24) is 4.72 Å². The van der Waals surface area contributed by atoms with Gasteiger partial charge in [-0.15, -0.1) is 0 Å². The molecule has 6 nitrogen and oxygen atoms in total. The molecule has 0 aromatic heterocycles. The molecule has 0 radical (unpaired) electrons. The number of carbonyl (C=O) groups is 1. The zero-order chi connectivity index (χ0) is 20.0. The third-order valence-corrected chi connectivity index (χ3v) is 5.07. The molecule has 0 spiro atoms. The fraction of sp³-hybridized carbons (Fsp3) is 0.0952. The maximum atomic E-state index is 12.3. The van der Waals surface area contributed by atoms with E-state index in [9.17, 15) is 13.2 Å². The van der Waals surface area contributed by atoms with Crippen LogP contribution in [0.2, 0.25) is 0 Å². The molecule has 0 aliphatic heterocycles. The average Bonchev–Trinajstić information content (AvgIpc) is 2.70. The van der Waals surface area contributed by atoms with Gasteiger partial charge in [0.2, 0.25) is 10.0 Å². The number of hydrogen-bond acceptors (Lipinski definition) is 4. The van der Waals surface area contributed by atoms with Gasteiger partial charge in [0.15, 0.2) is 6.61 Å². The van der Waals surface area contributed by atoms with Crippen LogP contribution < -0.4 is 9.46 Å². The van der Waals surface area contributed by atoms with Gasteiger partial charge in [0, 0.05) is 17.3 Å². The SMILES string of the molecule is O=C(O)COc1cccc2c(CNS(=O)(=O)C=Cc3ccccc3)cccc12. The van der Waals surface area contributed by atoms with Crippen molar-refractivity contribution in [1.29, 1.82) is 0 Å². The van der Waals surface area contributed by atoms with Crippen molar-refractivity contribution in [2.75, 3.05) is 6.61 Å². The molecular formula is C21H19NO5S. The fourth-order valence-corrected chi connectivity index (χ4v) is 3.51. The maximum Gasteiger partial charge on any atom is 0.341 e. The second kappa shape index (κ2) is 8.69. The predicted octanol–water partition coefficient (Wildman–Crippen LogP) is 3.39. The molecule has 0 unspecified atom stereocenters. The summed E-state index contributed by atoms with van der Waals surface area (Å²) in [4.78, 5) is 10.7. The lowest BCUT2D eigenvalue weighted by Gasteiger charge is -2.11. The van der Waals surface area contributed by atoms with Gasteiger partial charge in [-0.05, 0) is 28.7 Å². The first-order valence-corrected chi connectivity index (χ1v) is 10.1. The molecule has 3 aromatic carbocycles. The number of ether oxygens (including phenoxy) is 1. The number of nitrogens with one attached hydrogen (secondary N) is 1. The van der Waals surface area contributed by atoms with Crippen LogP contribution in [0.4, 0.5) is 0 Å².